The molecule has 0 rings (SSSR count). The van der Waals surface area contributed by atoms with E-state index in [0.717, 1.165) is 108 Å². The van der Waals surface area contributed by atoms with Gasteiger partial charge in [-0.3, -0.25) is 37.3 Å². The van der Waals surface area contributed by atoms with Crippen LogP contribution >= 0.6 is 15.6 Å². The molecule has 0 amide bonds. The first-order valence-corrected chi connectivity index (χ1v) is 40.8. The highest BCUT2D eigenvalue weighted by Crippen LogP contribution is 2.45. The normalized spacial score (nSPS) is 14.1. The Kier molecular flexibility index (Phi) is 62.4. The molecule has 0 radical (unpaired) electrons. The fraction of sp³-hybridized carbons (Fsp3) is 0.945. The zero-order chi connectivity index (χ0) is 68.0. The molecule has 0 aromatic rings. The number of unbranched alkanes of at least 4 members (excludes halogenated alkanes) is 39. The first-order valence-electron chi connectivity index (χ1n) is 37.8. The van der Waals surface area contributed by atoms with Crippen LogP contribution in [0, 0.1) is 17.8 Å². The Labute approximate surface area is 562 Å². The highest BCUT2D eigenvalue weighted by Gasteiger charge is 2.30. The Bertz CT molecular complexity index is 1800. The summed E-state index contributed by atoms with van der Waals surface area (Å²) in [5.41, 5.74) is 0. The molecule has 546 valence electrons. The standard InChI is InChI=1S/C73H142O17P2/c1-8-9-10-11-12-13-14-15-18-21-24-33-40-47-54-70(75)83-60-68(89-72(77)56-49-42-35-25-22-19-16-17-20-23-30-37-44-51-64(2)3)62-87-91(79,80)85-58-67(74)59-86-92(81,82)88-63-69(90-73(78)57-50-43-36-29-27-32-39-46-53-66(6)7)61-84-71(76)55-48-41-34-28-26-31-38-45-52-65(4)5/h64-69,74H,8-63H2,1-7H3,(H,79,80)(H,81,82)/t67-,68-,69-/m1/s1. The second kappa shape index (κ2) is 63.8. The van der Waals surface area contributed by atoms with Gasteiger partial charge in [-0.05, 0) is 43.4 Å². The minimum Gasteiger partial charge on any atom is -0.462 e. The fourth-order valence-electron chi connectivity index (χ4n) is 11.1. The van der Waals surface area contributed by atoms with Gasteiger partial charge in [0, 0.05) is 25.7 Å². The smallest absolute Gasteiger partial charge is 0.462 e. The van der Waals surface area contributed by atoms with Crippen molar-refractivity contribution in [2.45, 2.75) is 388 Å². The lowest BCUT2D eigenvalue weighted by Gasteiger charge is -2.21. The van der Waals surface area contributed by atoms with Gasteiger partial charge in [-0.2, -0.15) is 0 Å². The maximum Gasteiger partial charge on any atom is 0.472 e. The van der Waals surface area contributed by atoms with Crippen LogP contribution in [-0.2, 0) is 65.4 Å². The second-order valence-electron chi connectivity index (χ2n) is 27.8. The number of hydrogen-bond donors (Lipinski definition) is 3. The Balaban J connectivity index is 5.25. The van der Waals surface area contributed by atoms with Crippen LogP contribution in [0.25, 0.3) is 0 Å². The van der Waals surface area contributed by atoms with Gasteiger partial charge in [0.1, 0.15) is 19.3 Å². The average Bonchev–Trinajstić information content (AvgIpc) is 1.53. The predicted octanol–water partition coefficient (Wildman–Crippen LogP) is 21.0. The molecule has 3 N–H and O–H groups in total. The maximum atomic E-state index is 13.1. The monoisotopic (exact) mass is 1350 g/mol. The number of hydrogen-bond acceptors (Lipinski definition) is 15. The van der Waals surface area contributed by atoms with Crippen molar-refractivity contribution < 1.29 is 80.2 Å². The Morgan fingerprint density at radius 1 is 0.293 bits per heavy atom. The fourth-order valence-corrected chi connectivity index (χ4v) is 12.7. The molecule has 17 nitrogen and oxygen atoms in total. The Morgan fingerprint density at radius 3 is 0.739 bits per heavy atom. The quantitative estimate of drug-likeness (QED) is 0.0222. The molecule has 5 atom stereocenters. The number of phosphoric ester groups is 2. The maximum absolute atomic E-state index is 13.1. The Morgan fingerprint density at radius 2 is 0.500 bits per heavy atom. The minimum absolute atomic E-state index is 0.104. The van der Waals surface area contributed by atoms with Crippen molar-refractivity contribution in [2.75, 3.05) is 39.6 Å². The van der Waals surface area contributed by atoms with Gasteiger partial charge >= 0.3 is 39.5 Å². The van der Waals surface area contributed by atoms with Gasteiger partial charge in [0.15, 0.2) is 12.2 Å². The van der Waals surface area contributed by atoms with Crippen molar-refractivity contribution in [2.24, 2.45) is 17.8 Å². The van der Waals surface area contributed by atoms with Gasteiger partial charge < -0.3 is 33.8 Å². The molecule has 0 aromatic carbocycles. The van der Waals surface area contributed by atoms with Crippen LogP contribution < -0.4 is 0 Å². The lowest BCUT2D eigenvalue weighted by Crippen LogP contribution is -2.30. The van der Waals surface area contributed by atoms with Crippen LogP contribution in [0.15, 0.2) is 0 Å². The lowest BCUT2D eigenvalue weighted by molar-refractivity contribution is -0.161. The molecular weight excluding hydrogens is 1210 g/mol. The molecule has 0 saturated carbocycles. The van der Waals surface area contributed by atoms with Crippen molar-refractivity contribution in [3.63, 3.8) is 0 Å². The third-order valence-corrected chi connectivity index (χ3v) is 18.8. The van der Waals surface area contributed by atoms with Gasteiger partial charge in [0.25, 0.3) is 0 Å². The molecule has 0 fully saturated rings. The predicted molar refractivity (Wildman–Crippen MR) is 372 cm³/mol. The molecule has 0 bridgehead atoms. The highest BCUT2D eigenvalue weighted by molar-refractivity contribution is 7.47. The van der Waals surface area contributed by atoms with Crippen molar-refractivity contribution in [1.82, 2.24) is 0 Å². The summed E-state index contributed by atoms with van der Waals surface area (Å²) >= 11 is 0. The molecule has 0 aliphatic heterocycles. The SMILES string of the molecule is CCCCCCCCCCCCCCCCC(=O)OC[C@H](COP(=O)(O)OC[C@@H](O)COP(=O)(O)OC[C@@H](COC(=O)CCCCCCCCCCC(C)C)OC(=O)CCCCCCCCCCC(C)C)OC(=O)CCCCCCCCCCCCCCCC(C)C. The molecule has 0 aliphatic carbocycles. The molecule has 19 heteroatoms. The number of carbonyl (C=O) groups is 4. The molecule has 0 saturated heterocycles. The largest absolute Gasteiger partial charge is 0.472 e. The van der Waals surface area contributed by atoms with Crippen LogP contribution in [0.3, 0.4) is 0 Å². The van der Waals surface area contributed by atoms with E-state index in [0.29, 0.717) is 25.7 Å². The third kappa shape index (κ3) is 66.7. The summed E-state index contributed by atoms with van der Waals surface area (Å²) in [5, 5.41) is 10.6. The Hall–Kier alpha value is -1.94. The van der Waals surface area contributed by atoms with Gasteiger partial charge in [-0.15, -0.1) is 0 Å². The number of phosphoric acid groups is 2. The number of aliphatic hydroxyl groups excluding tert-OH is 1. The van der Waals surface area contributed by atoms with Gasteiger partial charge in [-0.1, -0.05) is 318 Å². The zero-order valence-corrected chi connectivity index (χ0v) is 61.8. The number of ether oxygens (including phenoxy) is 4. The summed E-state index contributed by atoms with van der Waals surface area (Å²) in [6.07, 6.45) is 48.6. The number of aliphatic hydroxyl groups is 1. The van der Waals surface area contributed by atoms with E-state index in [9.17, 15) is 43.2 Å². The summed E-state index contributed by atoms with van der Waals surface area (Å²) in [7, 11) is -9.91. The molecule has 0 heterocycles. The average molecular weight is 1350 g/mol. The molecule has 0 spiro atoms. The zero-order valence-electron chi connectivity index (χ0n) is 60.0. The molecular formula is C73H142O17P2. The van der Waals surface area contributed by atoms with Gasteiger partial charge in [0.05, 0.1) is 26.4 Å². The first-order chi connectivity index (χ1) is 44.2. The summed E-state index contributed by atoms with van der Waals surface area (Å²) in [4.78, 5) is 72.7. The summed E-state index contributed by atoms with van der Waals surface area (Å²) in [6.45, 7) is 11.8. The number of rotatable bonds is 71. The van der Waals surface area contributed by atoms with Crippen LogP contribution in [0.2, 0.25) is 0 Å². The van der Waals surface area contributed by atoms with E-state index in [1.807, 2.05) is 0 Å². The van der Waals surface area contributed by atoms with Crippen molar-refractivity contribution in [3.8, 4) is 0 Å². The van der Waals surface area contributed by atoms with Gasteiger partial charge in [0.2, 0.25) is 0 Å². The van der Waals surface area contributed by atoms with Crippen LogP contribution in [0.4, 0.5) is 0 Å². The van der Waals surface area contributed by atoms with E-state index in [4.69, 9.17) is 37.0 Å². The van der Waals surface area contributed by atoms with Crippen molar-refractivity contribution in [3.05, 3.63) is 0 Å². The third-order valence-electron chi connectivity index (χ3n) is 16.9. The molecule has 0 aliphatic rings. The number of carbonyl (C=O) groups excluding carboxylic acids is 4. The summed E-state index contributed by atoms with van der Waals surface area (Å²) in [6, 6.07) is 0. The van der Waals surface area contributed by atoms with E-state index >= 15 is 0 Å². The number of esters is 4. The lowest BCUT2D eigenvalue weighted by atomic mass is 10.0. The van der Waals surface area contributed by atoms with Gasteiger partial charge in [-0.25, -0.2) is 9.13 Å². The molecule has 2 unspecified atom stereocenters. The van der Waals surface area contributed by atoms with Crippen molar-refractivity contribution in [1.29, 1.82) is 0 Å². The highest BCUT2D eigenvalue weighted by atomic mass is 31.2. The summed E-state index contributed by atoms with van der Waals surface area (Å²) < 4.78 is 68.4. The first kappa shape index (κ1) is 90.1. The minimum atomic E-state index is -4.95. The molecule has 0 aromatic heterocycles. The van der Waals surface area contributed by atoms with Crippen LogP contribution in [-0.4, -0.2) is 96.7 Å². The van der Waals surface area contributed by atoms with E-state index in [-0.39, 0.29) is 25.7 Å². The van der Waals surface area contributed by atoms with Crippen LogP contribution in [0.5, 0.6) is 0 Å². The summed E-state index contributed by atoms with van der Waals surface area (Å²) in [5.74, 6) is 0.108. The van der Waals surface area contributed by atoms with E-state index in [2.05, 4.69) is 48.5 Å². The topological polar surface area (TPSA) is 237 Å². The van der Waals surface area contributed by atoms with Crippen molar-refractivity contribution >= 4 is 39.5 Å². The van der Waals surface area contributed by atoms with E-state index < -0.39 is 97.5 Å². The van der Waals surface area contributed by atoms with Crippen LogP contribution in [0.1, 0.15) is 370 Å². The second-order valence-corrected chi connectivity index (χ2v) is 30.7. The molecule has 92 heavy (non-hydrogen) atoms. The van der Waals surface area contributed by atoms with E-state index in [1.165, 1.54) is 180 Å². The van der Waals surface area contributed by atoms with E-state index in [1.54, 1.807) is 0 Å².